The van der Waals surface area contributed by atoms with Crippen LogP contribution in [0.1, 0.15) is 35.6 Å². The summed E-state index contributed by atoms with van der Waals surface area (Å²) in [7, 11) is 0. The molecule has 7 nitrogen and oxygen atoms in total. The number of aromatic nitrogens is 3. The first-order valence-corrected chi connectivity index (χ1v) is 15.0. The Hall–Kier alpha value is -7.25. The van der Waals surface area contributed by atoms with Crippen molar-refractivity contribution in [1.29, 1.82) is 0 Å². The van der Waals surface area contributed by atoms with E-state index in [0.29, 0.717) is 4.90 Å². The zero-order chi connectivity index (χ0) is 56.8. The Balaban J connectivity index is 1.38. The summed E-state index contributed by atoms with van der Waals surface area (Å²) in [5.74, 6) is -2.95. The average Bonchev–Trinajstić information content (AvgIpc) is 4.29. The van der Waals surface area contributed by atoms with Crippen LogP contribution in [-0.4, -0.2) is 15.0 Å². The summed E-state index contributed by atoms with van der Waals surface area (Å²) in [6.07, 6.45) is 0. The minimum atomic E-state index is -1.09. The number of nitrogens with zero attached hydrogens (tertiary/aromatic N) is 4. The van der Waals surface area contributed by atoms with Gasteiger partial charge < -0.3 is 13.3 Å². The molecule has 0 spiro atoms. The lowest BCUT2D eigenvalue weighted by atomic mass is 10.1. The Labute approximate surface area is 332 Å². The summed E-state index contributed by atoms with van der Waals surface area (Å²) in [6.45, 7) is 0. The van der Waals surface area contributed by atoms with Gasteiger partial charge in [0.2, 0.25) is 5.95 Å². The predicted molar refractivity (Wildman–Crippen MR) is 207 cm³/mol. The highest BCUT2D eigenvalue weighted by molar-refractivity contribution is 6.10. The summed E-state index contributed by atoms with van der Waals surface area (Å²) in [5, 5.41) is -2.91. The van der Waals surface area contributed by atoms with Crippen molar-refractivity contribution in [2.45, 2.75) is 0 Å². The van der Waals surface area contributed by atoms with E-state index in [0.717, 1.165) is 0 Å². The smallest absolute Gasteiger partial charge is 0.238 e. The van der Waals surface area contributed by atoms with Crippen molar-refractivity contribution in [3.63, 3.8) is 0 Å². The first kappa shape index (κ1) is 13.1. The van der Waals surface area contributed by atoms with Gasteiger partial charge in [0, 0.05) is 49.1 Å². The fourth-order valence-corrected chi connectivity index (χ4v) is 5.66. The third-order valence-corrected chi connectivity index (χ3v) is 7.89. The molecule has 0 aliphatic heterocycles. The van der Waals surface area contributed by atoms with Crippen molar-refractivity contribution in [3.8, 4) is 22.8 Å². The van der Waals surface area contributed by atoms with Crippen molar-refractivity contribution in [2.75, 3.05) is 4.90 Å². The van der Waals surface area contributed by atoms with Gasteiger partial charge in [-0.1, -0.05) is 84.6 Å². The second-order valence-electron chi connectivity index (χ2n) is 10.8. The highest BCUT2D eigenvalue weighted by Gasteiger charge is 2.24. The molecule has 7 aromatic carbocycles. The van der Waals surface area contributed by atoms with E-state index in [4.69, 9.17) is 39.3 Å². The van der Waals surface area contributed by atoms with Crippen LogP contribution in [0.15, 0.2) is 170 Å². The zero-order valence-electron chi connectivity index (χ0n) is 51.5. The molecule has 0 aliphatic rings. The normalized spacial score (nSPS) is 18.8. The largest absolute Gasteiger partial charge is 0.456 e. The van der Waals surface area contributed by atoms with Crippen molar-refractivity contribution < 1.29 is 48.9 Å². The lowest BCUT2D eigenvalue weighted by Gasteiger charge is -2.24. The molecular formula is C45H26N4O3. The van der Waals surface area contributed by atoms with Crippen LogP contribution in [0.5, 0.6) is 0 Å². The van der Waals surface area contributed by atoms with Gasteiger partial charge >= 0.3 is 0 Å². The molecule has 0 bridgehead atoms. The summed E-state index contributed by atoms with van der Waals surface area (Å²) in [5.41, 5.74) is -7.06. The maximum absolute atomic E-state index is 9.64. The van der Waals surface area contributed by atoms with Crippen LogP contribution in [-0.2, 0) is 0 Å². The van der Waals surface area contributed by atoms with Gasteiger partial charge in [-0.15, -0.1) is 0 Å². The number of fused-ring (bicyclic) bond motifs is 9. The Morgan fingerprint density at radius 2 is 0.885 bits per heavy atom. The first-order chi connectivity index (χ1) is 36.6. The number of hydrogen-bond donors (Lipinski definition) is 0. The van der Waals surface area contributed by atoms with Gasteiger partial charge in [0.15, 0.2) is 17.2 Å². The van der Waals surface area contributed by atoms with Gasteiger partial charge in [0.05, 0.1) is 41.3 Å². The molecule has 11 aromatic rings. The minimum Gasteiger partial charge on any atom is -0.456 e. The molecule has 7 heteroatoms. The molecule has 0 fully saturated rings. The number of hydrogen-bond acceptors (Lipinski definition) is 7. The van der Waals surface area contributed by atoms with Crippen molar-refractivity contribution in [3.05, 3.63) is 157 Å². The Kier molecular flexibility index (Phi) is 2.81. The lowest BCUT2D eigenvalue weighted by molar-refractivity contribution is 0.668. The Morgan fingerprint density at radius 3 is 1.48 bits per heavy atom. The van der Waals surface area contributed by atoms with Gasteiger partial charge in [-0.05, 0) is 72.5 Å². The third kappa shape index (κ3) is 4.43. The van der Waals surface area contributed by atoms with Crippen LogP contribution in [0.25, 0.3) is 88.6 Å². The van der Waals surface area contributed by atoms with Gasteiger partial charge in [0.25, 0.3) is 0 Å². The Morgan fingerprint density at radius 1 is 0.404 bits per heavy atom. The van der Waals surface area contributed by atoms with Gasteiger partial charge in [-0.3, -0.25) is 4.90 Å². The van der Waals surface area contributed by atoms with Crippen molar-refractivity contribution in [2.24, 2.45) is 0 Å². The fourth-order valence-electron chi connectivity index (χ4n) is 5.66. The second kappa shape index (κ2) is 11.1. The SMILES string of the molecule is [2H]c1c([2H])c([2H])c(N(c2nc(-c3c([2H])c([2H])c4oc5c([2H])c([2H])c([2H])c([2H])c5c4c3[2H])nc(-c3c([2H])c([2H])c4oc5c([2H])c([2H])c([2H])c([2H])c5c4c3[2H])n2)c2c([2H])c([2H])c([2H])c3c2oc2c([2H])c([2H])c([2H])c([2H])c23)c([2H])c1[2H]. The topological polar surface area (TPSA) is 81.3 Å². The van der Waals surface area contributed by atoms with E-state index in [1.54, 1.807) is 0 Å². The van der Waals surface area contributed by atoms with Gasteiger partial charge in [-0.2, -0.15) is 9.97 Å². The zero-order valence-corrected chi connectivity index (χ0v) is 25.5. The molecule has 0 saturated heterocycles. The van der Waals surface area contributed by atoms with E-state index < -0.39 is 263 Å². The number of para-hydroxylation sites is 5. The Bertz CT molecular complexity index is 4470. The maximum Gasteiger partial charge on any atom is 0.238 e. The standard InChI is InChI=1S/C45H26N4O3/c1-2-11-29(12-3-1)49(36-17-10-16-33-30-13-4-9-20-39(30)52-42(33)36)45-47-43(27-21-23-40-34(25-27)31-14-5-7-18-37(31)50-40)46-44(48-45)28-22-24-41-35(26-28)32-15-6-8-19-38(32)51-41/h1-26H/i1D,2D,3D,4D,5D,6D,7D,8D,9D,10D,11D,12D,13D,14D,15D,16D,17D,18D,19D,20D,21D,22D,23D,24D,25D,26D. The van der Waals surface area contributed by atoms with E-state index in [9.17, 15) is 9.60 Å². The summed E-state index contributed by atoms with van der Waals surface area (Å²) < 4.78 is 248. The van der Waals surface area contributed by atoms with Gasteiger partial charge in [-0.25, -0.2) is 4.98 Å². The fraction of sp³-hybridized carbons (Fsp3) is 0. The summed E-state index contributed by atoms with van der Waals surface area (Å²) >= 11 is 0. The van der Waals surface area contributed by atoms with Crippen LogP contribution in [0.2, 0.25) is 0 Å². The van der Waals surface area contributed by atoms with E-state index in [2.05, 4.69) is 15.0 Å². The number of rotatable bonds is 5. The molecule has 0 N–H and O–H groups in total. The van der Waals surface area contributed by atoms with Crippen LogP contribution in [0.4, 0.5) is 17.3 Å². The van der Waals surface area contributed by atoms with Crippen LogP contribution >= 0.6 is 0 Å². The molecule has 4 aromatic heterocycles. The second-order valence-corrected chi connectivity index (χ2v) is 10.8. The van der Waals surface area contributed by atoms with Gasteiger partial charge in [0.1, 0.15) is 27.9 Å². The summed E-state index contributed by atoms with van der Waals surface area (Å²) in [6, 6.07) is -22.8. The van der Waals surface area contributed by atoms with E-state index in [-0.39, 0.29) is 0 Å². The quantitative estimate of drug-likeness (QED) is 0.177. The number of benzene rings is 7. The molecule has 52 heavy (non-hydrogen) atoms. The molecule has 0 unspecified atom stereocenters. The first-order valence-electron chi connectivity index (χ1n) is 28.0. The highest BCUT2D eigenvalue weighted by atomic mass is 16.3. The minimum absolute atomic E-state index is 0.438. The monoisotopic (exact) mass is 696 g/mol. The molecular weight excluding hydrogens is 645 g/mol. The van der Waals surface area contributed by atoms with Crippen LogP contribution < -0.4 is 4.90 Å². The number of anilines is 3. The van der Waals surface area contributed by atoms with E-state index in [1.807, 2.05) is 0 Å². The third-order valence-electron chi connectivity index (χ3n) is 7.89. The van der Waals surface area contributed by atoms with Crippen LogP contribution in [0, 0.1) is 0 Å². The molecule has 0 aliphatic carbocycles. The van der Waals surface area contributed by atoms with Crippen LogP contribution in [0.3, 0.4) is 0 Å². The predicted octanol–water partition coefficient (Wildman–Crippen LogP) is 12.4. The molecule has 244 valence electrons. The molecule has 0 amide bonds. The average molecular weight is 697 g/mol. The van der Waals surface area contributed by atoms with E-state index in [1.165, 1.54) is 0 Å². The van der Waals surface area contributed by atoms with Crippen molar-refractivity contribution in [1.82, 2.24) is 15.0 Å². The molecule has 0 atom stereocenters. The molecule has 0 radical (unpaired) electrons. The highest BCUT2D eigenvalue weighted by Crippen LogP contribution is 2.42. The number of furan rings is 3. The van der Waals surface area contributed by atoms with Crippen molar-refractivity contribution >= 4 is 83.1 Å². The molecule has 11 rings (SSSR count). The molecule has 0 saturated carbocycles. The van der Waals surface area contributed by atoms with E-state index >= 15 is 0 Å². The maximum atomic E-state index is 9.64. The lowest BCUT2D eigenvalue weighted by Crippen LogP contribution is -2.15. The summed E-state index contributed by atoms with van der Waals surface area (Å²) in [4.78, 5) is 14.0. The molecule has 4 heterocycles.